The van der Waals surface area contributed by atoms with Gasteiger partial charge in [-0.05, 0) is 43.9 Å². The Kier molecular flexibility index (Phi) is 6.74. The summed E-state index contributed by atoms with van der Waals surface area (Å²) >= 11 is 6.23. The summed E-state index contributed by atoms with van der Waals surface area (Å²) in [5, 5.41) is 4.10. The Morgan fingerprint density at radius 1 is 1.38 bits per heavy atom. The Labute approximate surface area is 132 Å². The highest BCUT2D eigenvalue weighted by Gasteiger charge is 2.17. The molecule has 1 N–H and O–H groups in total. The molecule has 1 saturated heterocycles. The summed E-state index contributed by atoms with van der Waals surface area (Å²) < 4.78 is 5.42. The lowest BCUT2D eigenvalue weighted by atomic mass is 10.00. The van der Waals surface area contributed by atoms with Gasteiger partial charge in [-0.25, -0.2) is 4.98 Å². The molecule has 1 aliphatic rings. The van der Waals surface area contributed by atoms with E-state index in [1.54, 1.807) is 0 Å². The molecule has 0 unspecified atom stereocenters. The van der Waals surface area contributed by atoms with Crippen molar-refractivity contribution in [1.29, 1.82) is 0 Å². The highest BCUT2D eigenvalue weighted by Crippen LogP contribution is 2.22. The first kappa shape index (κ1) is 16.5. The molecule has 0 bridgehead atoms. The van der Waals surface area contributed by atoms with Crippen molar-refractivity contribution in [3.8, 4) is 0 Å². The van der Waals surface area contributed by atoms with E-state index in [4.69, 9.17) is 21.3 Å². The maximum Gasteiger partial charge on any atom is 0.128 e. The normalized spacial score (nSPS) is 16.1. The van der Waals surface area contributed by atoms with E-state index in [0.717, 1.165) is 68.6 Å². The molecule has 118 valence electrons. The van der Waals surface area contributed by atoms with Crippen molar-refractivity contribution in [2.45, 2.75) is 32.7 Å². The Morgan fingerprint density at radius 2 is 2.14 bits per heavy atom. The summed E-state index contributed by atoms with van der Waals surface area (Å²) in [6.45, 7) is 6.67. The molecule has 2 heterocycles. The van der Waals surface area contributed by atoms with Gasteiger partial charge >= 0.3 is 0 Å². The zero-order valence-corrected chi connectivity index (χ0v) is 13.8. The first-order chi connectivity index (χ1) is 10.2. The highest BCUT2D eigenvalue weighted by molar-refractivity contribution is 6.31. The smallest absolute Gasteiger partial charge is 0.128 e. The van der Waals surface area contributed by atoms with Gasteiger partial charge in [-0.15, -0.1) is 0 Å². The lowest BCUT2D eigenvalue weighted by Gasteiger charge is -2.28. The van der Waals surface area contributed by atoms with Crippen LogP contribution in [-0.4, -0.2) is 38.3 Å². The van der Waals surface area contributed by atoms with Crippen LogP contribution in [0.25, 0.3) is 0 Å². The maximum atomic E-state index is 6.23. The molecule has 0 radical (unpaired) electrons. The average molecular weight is 312 g/mol. The first-order valence-corrected chi connectivity index (χ1v) is 8.23. The predicted molar refractivity (Wildman–Crippen MR) is 88.1 cm³/mol. The fraction of sp³-hybridized carbons (Fsp3) is 0.688. The van der Waals surface area contributed by atoms with Crippen molar-refractivity contribution in [3.05, 3.63) is 22.8 Å². The van der Waals surface area contributed by atoms with E-state index in [0.29, 0.717) is 5.92 Å². The minimum absolute atomic E-state index is 0.697. The molecular formula is C16H26ClN3O. The highest BCUT2D eigenvalue weighted by atomic mass is 35.5. The van der Waals surface area contributed by atoms with Crippen LogP contribution >= 0.6 is 11.6 Å². The molecule has 5 heteroatoms. The number of rotatable bonds is 7. The van der Waals surface area contributed by atoms with Gasteiger partial charge in [0.2, 0.25) is 0 Å². The minimum atomic E-state index is 0.697. The van der Waals surface area contributed by atoms with Crippen LogP contribution in [-0.2, 0) is 11.3 Å². The quantitative estimate of drug-likeness (QED) is 0.785. The number of anilines is 1. The molecule has 0 amide bonds. The van der Waals surface area contributed by atoms with Crippen LogP contribution < -0.4 is 10.2 Å². The lowest BCUT2D eigenvalue weighted by Crippen LogP contribution is -2.30. The molecular weight excluding hydrogens is 286 g/mol. The number of aromatic nitrogens is 1. The Hall–Kier alpha value is -0.840. The van der Waals surface area contributed by atoms with Gasteiger partial charge in [-0.3, -0.25) is 0 Å². The molecule has 0 aliphatic carbocycles. The van der Waals surface area contributed by atoms with Gasteiger partial charge in [0, 0.05) is 33.4 Å². The molecule has 0 spiro atoms. The third kappa shape index (κ3) is 5.13. The fourth-order valence-corrected chi connectivity index (χ4v) is 2.77. The van der Waals surface area contributed by atoms with E-state index in [1.807, 2.05) is 12.1 Å². The Balaban J connectivity index is 1.95. The summed E-state index contributed by atoms with van der Waals surface area (Å²) in [6.07, 6.45) is 3.40. The molecule has 1 aliphatic heterocycles. The van der Waals surface area contributed by atoms with Gasteiger partial charge in [-0.2, -0.15) is 0 Å². The summed E-state index contributed by atoms with van der Waals surface area (Å²) in [7, 11) is 2.11. The van der Waals surface area contributed by atoms with Gasteiger partial charge in [0.15, 0.2) is 0 Å². The standard InChI is InChI=1S/C16H26ClN3O/c1-3-8-18-11-15-14(17)4-5-16(19-15)20(2)12-13-6-9-21-10-7-13/h4-5,13,18H,3,6-12H2,1-2H3. The van der Waals surface area contributed by atoms with E-state index in [9.17, 15) is 0 Å². The summed E-state index contributed by atoms with van der Waals surface area (Å²) in [4.78, 5) is 6.94. The van der Waals surface area contributed by atoms with Crippen LogP contribution in [0.5, 0.6) is 0 Å². The second-order valence-electron chi connectivity index (χ2n) is 5.71. The summed E-state index contributed by atoms with van der Waals surface area (Å²) in [5.41, 5.74) is 0.932. The molecule has 21 heavy (non-hydrogen) atoms. The second kappa shape index (κ2) is 8.57. The molecule has 0 saturated carbocycles. The predicted octanol–water partition coefficient (Wildman–Crippen LogP) is 3.10. The van der Waals surface area contributed by atoms with E-state index in [1.165, 1.54) is 0 Å². The molecule has 2 rings (SSSR count). The van der Waals surface area contributed by atoms with Gasteiger partial charge in [0.05, 0.1) is 10.7 Å². The molecule has 1 aromatic heterocycles. The van der Waals surface area contributed by atoms with Crippen LogP contribution in [0.15, 0.2) is 12.1 Å². The SMILES string of the molecule is CCCNCc1nc(N(C)CC2CCOCC2)ccc1Cl. The number of nitrogens with zero attached hydrogens (tertiary/aromatic N) is 2. The molecule has 1 aromatic rings. The monoisotopic (exact) mass is 311 g/mol. The van der Waals surface area contributed by atoms with E-state index < -0.39 is 0 Å². The van der Waals surface area contributed by atoms with Crippen molar-refractivity contribution >= 4 is 17.4 Å². The topological polar surface area (TPSA) is 37.4 Å². The molecule has 0 aromatic carbocycles. The Bertz CT molecular complexity index is 436. The van der Waals surface area contributed by atoms with Crippen LogP contribution in [0.4, 0.5) is 5.82 Å². The van der Waals surface area contributed by atoms with Crippen molar-refractivity contribution in [3.63, 3.8) is 0 Å². The summed E-state index contributed by atoms with van der Waals surface area (Å²) in [6, 6.07) is 3.96. The number of halogens is 1. The van der Waals surface area contributed by atoms with E-state index >= 15 is 0 Å². The van der Waals surface area contributed by atoms with Crippen LogP contribution in [0.3, 0.4) is 0 Å². The van der Waals surface area contributed by atoms with Crippen LogP contribution in [0.1, 0.15) is 31.9 Å². The first-order valence-electron chi connectivity index (χ1n) is 7.85. The number of pyridine rings is 1. The maximum absolute atomic E-state index is 6.23. The largest absolute Gasteiger partial charge is 0.381 e. The Morgan fingerprint density at radius 3 is 2.86 bits per heavy atom. The molecule has 4 nitrogen and oxygen atoms in total. The third-order valence-electron chi connectivity index (χ3n) is 3.89. The van der Waals surface area contributed by atoms with Crippen molar-refractivity contribution in [2.75, 3.05) is 38.3 Å². The van der Waals surface area contributed by atoms with Crippen LogP contribution in [0.2, 0.25) is 5.02 Å². The van der Waals surface area contributed by atoms with Gasteiger partial charge in [-0.1, -0.05) is 18.5 Å². The summed E-state index contributed by atoms with van der Waals surface area (Å²) in [5.74, 6) is 1.70. The van der Waals surface area contributed by atoms with Crippen molar-refractivity contribution in [2.24, 2.45) is 5.92 Å². The van der Waals surface area contributed by atoms with Gasteiger partial charge in [0.1, 0.15) is 5.82 Å². The third-order valence-corrected chi connectivity index (χ3v) is 4.23. The zero-order valence-electron chi connectivity index (χ0n) is 13.1. The van der Waals surface area contributed by atoms with E-state index in [-0.39, 0.29) is 0 Å². The van der Waals surface area contributed by atoms with Crippen molar-refractivity contribution < 1.29 is 4.74 Å². The second-order valence-corrected chi connectivity index (χ2v) is 6.12. The lowest BCUT2D eigenvalue weighted by molar-refractivity contribution is 0.0685. The van der Waals surface area contributed by atoms with Gasteiger partial charge in [0.25, 0.3) is 0 Å². The minimum Gasteiger partial charge on any atom is -0.381 e. The van der Waals surface area contributed by atoms with Gasteiger partial charge < -0.3 is 15.0 Å². The van der Waals surface area contributed by atoms with E-state index in [2.05, 4.69) is 24.2 Å². The number of nitrogens with one attached hydrogen (secondary N) is 1. The average Bonchev–Trinajstić information content (AvgIpc) is 2.50. The number of hydrogen-bond acceptors (Lipinski definition) is 4. The fourth-order valence-electron chi connectivity index (χ4n) is 2.60. The van der Waals surface area contributed by atoms with Crippen LogP contribution in [0, 0.1) is 5.92 Å². The van der Waals surface area contributed by atoms with Crippen molar-refractivity contribution in [1.82, 2.24) is 10.3 Å². The molecule has 1 fully saturated rings. The number of hydrogen-bond donors (Lipinski definition) is 1. The number of ether oxygens (including phenoxy) is 1. The zero-order chi connectivity index (χ0) is 15.1. The molecule has 0 atom stereocenters.